The number of carbonyl (C=O) groups excluding carboxylic acids is 1. The number of esters is 1. The largest absolute Gasteiger partial charge is 0.462 e. The second-order valence-corrected chi connectivity index (χ2v) is 3.56. The number of nitrogens with zero attached hydrogens (tertiary/aromatic N) is 4. The summed E-state index contributed by atoms with van der Waals surface area (Å²) in [6, 6.07) is 0. The summed E-state index contributed by atoms with van der Waals surface area (Å²) in [6.07, 6.45) is 0.710. The molecular weight excluding hydrogens is 232 g/mol. The van der Waals surface area contributed by atoms with Crippen molar-refractivity contribution in [3.05, 3.63) is 11.6 Å². The molecule has 0 aromatic carbocycles. The van der Waals surface area contributed by atoms with Crippen LogP contribution in [0.15, 0.2) is 4.42 Å². The van der Waals surface area contributed by atoms with Crippen LogP contribution in [0.4, 0.5) is 0 Å². The summed E-state index contributed by atoms with van der Waals surface area (Å²) in [5.74, 6) is -0.588. The fraction of sp³-hybridized carbons (Fsp3) is 0.375. The molecule has 0 N–H and O–H groups in total. The summed E-state index contributed by atoms with van der Waals surface area (Å²) < 4.78 is 13.4. The third-order valence-corrected chi connectivity index (χ3v) is 2.63. The molecule has 16 heavy (non-hydrogen) atoms. The van der Waals surface area contributed by atoms with E-state index in [4.69, 9.17) is 4.42 Å². The van der Waals surface area contributed by atoms with Crippen LogP contribution >= 0.6 is 11.5 Å². The van der Waals surface area contributed by atoms with Crippen molar-refractivity contribution in [2.24, 2.45) is 0 Å². The Kier molecular flexibility index (Phi) is 2.91. The minimum absolute atomic E-state index is 0.173. The number of carbonyl (C=O) groups is 1. The Labute approximate surface area is 94.6 Å². The summed E-state index contributed by atoms with van der Waals surface area (Å²) in [4.78, 5) is 11.8. The van der Waals surface area contributed by atoms with Crippen molar-refractivity contribution < 1.29 is 13.9 Å². The highest BCUT2D eigenvalue weighted by Crippen LogP contribution is 2.25. The Morgan fingerprint density at radius 3 is 2.94 bits per heavy atom. The van der Waals surface area contributed by atoms with Gasteiger partial charge >= 0.3 is 11.9 Å². The molecule has 2 aromatic rings. The predicted octanol–water partition coefficient (Wildman–Crippen LogP) is 0.937. The molecule has 2 heterocycles. The molecule has 0 aliphatic carbocycles. The summed E-state index contributed by atoms with van der Waals surface area (Å²) >= 11 is 1.15. The lowest BCUT2D eigenvalue weighted by Crippen LogP contribution is -2.00. The standard InChI is InChI=1S/C8H8N4O3S/c1-3-4-5(16-12-9-4)6-10-11-7(15-6)8(13)14-2/h3H2,1-2H3. The Morgan fingerprint density at radius 2 is 2.25 bits per heavy atom. The normalized spacial score (nSPS) is 10.4. The van der Waals surface area contributed by atoms with E-state index in [-0.39, 0.29) is 11.8 Å². The first-order valence-corrected chi connectivity index (χ1v) is 5.27. The third-order valence-electron chi connectivity index (χ3n) is 1.87. The van der Waals surface area contributed by atoms with E-state index >= 15 is 0 Å². The fourth-order valence-electron chi connectivity index (χ4n) is 1.09. The zero-order chi connectivity index (χ0) is 11.5. The van der Waals surface area contributed by atoms with Crippen LogP contribution in [0.1, 0.15) is 23.3 Å². The van der Waals surface area contributed by atoms with Gasteiger partial charge in [-0.15, -0.1) is 15.3 Å². The van der Waals surface area contributed by atoms with Gasteiger partial charge in [0, 0.05) is 0 Å². The first-order chi connectivity index (χ1) is 7.76. The number of hydrogen-bond donors (Lipinski definition) is 0. The average molecular weight is 240 g/mol. The molecule has 0 fully saturated rings. The van der Waals surface area contributed by atoms with Crippen LogP contribution < -0.4 is 0 Å². The molecule has 7 nitrogen and oxygen atoms in total. The van der Waals surface area contributed by atoms with E-state index in [2.05, 4.69) is 24.5 Å². The number of aryl methyl sites for hydroxylation is 1. The van der Waals surface area contributed by atoms with Gasteiger partial charge in [-0.05, 0) is 18.0 Å². The molecule has 0 unspecified atom stereocenters. The first kappa shape index (κ1) is 10.7. The Morgan fingerprint density at radius 1 is 1.44 bits per heavy atom. The Hall–Kier alpha value is -1.83. The zero-order valence-electron chi connectivity index (χ0n) is 8.63. The van der Waals surface area contributed by atoms with E-state index < -0.39 is 5.97 Å². The monoisotopic (exact) mass is 240 g/mol. The average Bonchev–Trinajstić information content (AvgIpc) is 2.95. The molecule has 0 aliphatic rings. The summed E-state index contributed by atoms with van der Waals surface area (Å²) in [5, 5.41) is 11.2. The first-order valence-electron chi connectivity index (χ1n) is 4.49. The zero-order valence-corrected chi connectivity index (χ0v) is 9.45. The molecule has 0 saturated carbocycles. The highest BCUT2D eigenvalue weighted by Gasteiger charge is 2.19. The van der Waals surface area contributed by atoms with Crippen molar-refractivity contribution in [3.63, 3.8) is 0 Å². The summed E-state index contributed by atoms with van der Waals surface area (Å²) in [7, 11) is 1.25. The van der Waals surface area contributed by atoms with E-state index in [0.29, 0.717) is 11.3 Å². The second kappa shape index (κ2) is 4.35. The van der Waals surface area contributed by atoms with Gasteiger partial charge < -0.3 is 9.15 Å². The molecule has 2 aromatic heterocycles. The van der Waals surface area contributed by atoms with Gasteiger partial charge in [-0.1, -0.05) is 11.4 Å². The van der Waals surface area contributed by atoms with Crippen LogP contribution in [-0.4, -0.2) is 32.9 Å². The van der Waals surface area contributed by atoms with Gasteiger partial charge in [-0.3, -0.25) is 0 Å². The molecule has 0 radical (unpaired) electrons. The maximum atomic E-state index is 11.1. The van der Waals surface area contributed by atoms with Crippen molar-refractivity contribution in [2.75, 3.05) is 7.11 Å². The quantitative estimate of drug-likeness (QED) is 0.737. The molecule has 0 spiro atoms. The van der Waals surface area contributed by atoms with Gasteiger partial charge in [-0.25, -0.2) is 4.79 Å². The van der Waals surface area contributed by atoms with E-state index in [1.54, 1.807) is 0 Å². The number of rotatable bonds is 3. The van der Waals surface area contributed by atoms with Crippen molar-refractivity contribution in [3.8, 4) is 10.8 Å². The number of aromatic nitrogens is 4. The smallest absolute Gasteiger partial charge is 0.396 e. The maximum absolute atomic E-state index is 11.1. The molecular formula is C8H8N4O3S. The third kappa shape index (κ3) is 1.78. The lowest BCUT2D eigenvalue weighted by atomic mass is 10.3. The van der Waals surface area contributed by atoms with Crippen LogP contribution in [0.25, 0.3) is 10.8 Å². The molecule has 0 bridgehead atoms. The molecule has 0 saturated heterocycles. The van der Waals surface area contributed by atoms with Crippen molar-refractivity contribution in [2.45, 2.75) is 13.3 Å². The second-order valence-electron chi connectivity index (χ2n) is 2.81. The molecule has 2 rings (SSSR count). The van der Waals surface area contributed by atoms with Crippen molar-refractivity contribution in [1.82, 2.24) is 19.8 Å². The Balaban J connectivity index is 2.35. The number of hydrogen-bond acceptors (Lipinski definition) is 8. The SMILES string of the molecule is CCc1nnsc1-c1nnc(C(=O)OC)o1. The Bertz CT molecular complexity index is 507. The maximum Gasteiger partial charge on any atom is 0.396 e. The number of methoxy groups -OCH3 is 1. The van der Waals surface area contributed by atoms with Gasteiger partial charge in [0.25, 0.3) is 5.89 Å². The lowest BCUT2D eigenvalue weighted by Gasteiger charge is -1.91. The summed E-state index contributed by atoms with van der Waals surface area (Å²) in [5.41, 5.74) is 0.769. The van der Waals surface area contributed by atoms with Crippen LogP contribution in [0.5, 0.6) is 0 Å². The summed E-state index contributed by atoms with van der Waals surface area (Å²) in [6.45, 7) is 1.94. The van der Waals surface area contributed by atoms with E-state index in [1.807, 2.05) is 6.92 Å². The number of ether oxygens (including phenoxy) is 1. The minimum Gasteiger partial charge on any atom is -0.462 e. The topological polar surface area (TPSA) is 91.0 Å². The van der Waals surface area contributed by atoms with E-state index in [1.165, 1.54) is 7.11 Å². The van der Waals surface area contributed by atoms with Crippen LogP contribution in [0.2, 0.25) is 0 Å². The molecule has 0 amide bonds. The van der Waals surface area contributed by atoms with Crippen LogP contribution in [0, 0.1) is 0 Å². The molecule has 0 atom stereocenters. The fourth-order valence-corrected chi connectivity index (χ4v) is 1.76. The van der Waals surface area contributed by atoms with Crippen LogP contribution in [0.3, 0.4) is 0 Å². The lowest BCUT2D eigenvalue weighted by molar-refractivity contribution is 0.0556. The van der Waals surface area contributed by atoms with Gasteiger partial charge in [0.05, 0.1) is 12.8 Å². The van der Waals surface area contributed by atoms with Crippen LogP contribution in [-0.2, 0) is 11.2 Å². The molecule has 0 aliphatic heterocycles. The van der Waals surface area contributed by atoms with Gasteiger partial charge in [-0.2, -0.15) is 0 Å². The van der Waals surface area contributed by atoms with Gasteiger partial charge in [0.15, 0.2) is 0 Å². The van der Waals surface area contributed by atoms with E-state index in [9.17, 15) is 4.79 Å². The highest BCUT2D eigenvalue weighted by molar-refractivity contribution is 7.09. The van der Waals surface area contributed by atoms with Gasteiger partial charge in [0.2, 0.25) is 0 Å². The van der Waals surface area contributed by atoms with Crippen molar-refractivity contribution in [1.29, 1.82) is 0 Å². The highest BCUT2D eigenvalue weighted by atomic mass is 32.1. The van der Waals surface area contributed by atoms with Crippen molar-refractivity contribution >= 4 is 17.5 Å². The predicted molar refractivity (Wildman–Crippen MR) is 53.9 cm³/mol. The molecule has 8 heteroatoms. The van der Waals surface area contributed by atoms with Gasteiger partial charge in [0.1, 0.15) is 4.88 Å². The molecule has 84 valence electrons. The van der Waals surface area contributed by atoms with E-state index in [0.717, 1.165) is 17.2 Å². The minimum atomic E-state index is -0.658.